The van der Waals surface area contributed by atoms with Crippen LogP contribution in [0.25, 0.3) is 42.4 Å². The Morgan fingerprint density at radius 1 is 0.724 bits per heavy atom. The molecule has 0 nitrogen and oxygen atoms in total. The molecule has 1 aliphatic rings. The molecular weight excluding hydrogens is 392 g/mol. The van der Waals surface area contributed by atoms with Gasteiger partial charge in [-0.1, -0.05) is 80.0 Å². The number of fused-ring (bicyclic) bond motifs is 7. The highest BCUT2D eigenvalue weighted by molar-refractivity contribution is 7.26. The minimum absolute atomic E-state index is 0.0397. The minimum Gasteiger partial charge on any atom is -0.135 e. The maximum Gasteiger partial charge on any atom is 0.0409 e. The first-order valence-corrected chi connectivity index (χ1v) is 11.1. The van der Waals surface area contributed by atoms with E-state index in [1.807, 2.05) is 17.4 Å². The van der Waals surface area contributed by atoms with Crippen molar-refractivity contribution in [3.05, 3.63) is 95.0 Å². The SMILES string of the molecule is CC1(C)c2cc(Cl)ccc2-c2c1ccc1sc3cc(-c4ccccc4)ccc3c21. The van der Waals surface area contributed by atoms with Crippen LogP contribution in [-0.2, 0) is 5.41 Å². The van der Waals surface area contributed by atoms with E-state index in [1.165, 1.54) is 53.6 Å². The summed E-state index contributed by atoms with van der Waals surface area (Å²) < 4.78 is 2.69. The molecule has 0 N–H and O–H groups in total. The molecule has 1 aromatic heterocycles. The average Bonchev–Trinajstić information content (AvgIpc) is 3.21. The lowest BCUT2D eigenvalue weighted by Gasteiger charge is -2.21. The van der Waals surface area contributed by atoms with Crippen LogP contribution in [0.2, 0.25) is 5.02 Å². The number of halogens is 1. The Morgan fingerprint density at radius 3 is 2.38 bits per heavy atom. The molecule has 2 heteroatoms. The van der Waals surface area contributed by atoms with Gasteiger partial charge in [-0.15, -0.1) is 11.3 Å². The molecule has 0 fully saturated rings. The van der Waals surface area contributed by atoms with Crippen LogP contribution in [-0.4, -0.2) is 0 Å². The van der Waals surface area contributed by atoms with E-state index in [1.54, 1.807) is 0 Å². The van der Waals surface area contributed by atoms with Gasteiger partial charge < -0.3 is 0 Å². The summed E-state index contributed by atoms with van der Waals surface area (Å²) in [6.45, 7) is 4.61. The molecule has 0 unspecified atom stereocenters. The van der Waals surface area contributed by atoms with Gasteiger partial charge in [-0.2, -0.15) is 0 Å². The van der Waals surface area contributed by atoms with Gasteiger partial charge in [0.15, 0.2) is 0 Å². The van der Waals surface area contributed by atoms with Gasteiger partial charge in [-0.25, -0.2) is 0 Å². The molecule has 29 heavy (non-hydrogen) atoms. The van der Waals surface area contributed by atoms with Crippen molar-refractivity contribution in [3.63, 3.8) is 0 Å². The Balaban J connectivity index is 1.68. The van der Waals surface area contributed by atoms with Crippen LogP contribution < -0.4 is 0 Å². The predicted octanol–water partition coefficient (Wildman–Crippen LogP) is 8.68. The topological polar surface area (TPSA) is 0 Å². The zero-order valence-electron chi connectivity index (χ0n) is 16.3. The molecule has 1 heterocycles. The van der Waals surface area contributed by atoms with E-state index in [-0.39, 0.29) is 5.41 Å². The number of benzene rings is 4. The lowest BCUT2D eigenvalue weighted by Crippen LogP contribution is -2.14. The van der Waals surface area contributed by atoms with Crippen molar-refractivity contribution in [1.82, 2.24) is 0 Å². The highest BCUT2D eigenvalue weighted by Gasteiger charge is 2.37. The highest BCUT2D eigenvalue weighted by atomic mass is 35.5. The van der Waals surface area contributed by atoms with E-state index in [9.17, 15) is 0 Å². The second-order valence-electron chi connectivity index (χ2n) is 8.36. The summed E-state index contributed by atoms with van der Waals surface area (Å²) in [5.74, 6) is 0. The van der Waals surface area contributed by atoms with E-state index in [4.69, 9.17) is 11.6 Å². The van der Waals surface area contributed by atoms with Crippen molar-refractivity contribution >= 4 is 43.1 Å². The Bertz CT molecular complexity index is 1420. The molecule has 1 aliphatic carbocycles. The standard InChI is InChI=1S/C27H19ClS/c1-27(2)21-12-13-23-26(25(21)19-11-9-18(28)15-22(19)27)20-10-8-17(14-24(20)29-23)16-6-4-3-5-7-16/h3-15H,1-2H3. The highest BCUT2D eigenvalue weighted by Crippen LogP contribution is 2.54. The first-order valence-electron chi connectivity index (χ1n) is 9.89. The van der Waals surface area contributed by atoms with Crippen molar-refractivity contribution in [2.75, 3.05) is 0 Å². The van der Waals surface area contributed by atoms with Crippen LogP contribution in [0.4, 0.5) is 0 Å². The van der Waals surface area contributed by atoms with E-state index in [0.29, 0.717) is 0 Å². The molecule has 0 saturated heterocycles. The fourth-order valence-corrected chi connectivity index (χ4v) is 6.20. The van der Waals surface area contributed by atoms with Gasteiger partial charge in [0, 0.05) is 30.6 Å². The maximum absolute atomic E-state index is 6.36. The molecule has 0 spiro atoms. The number of hydrogen-bond acceptors (Lipinski definition) is 1. The second-order valence-corrected chi connectivity index (χ2v) is 9.88. The lowest BCUT2D eigenvalue weighted by molar-refractivity contribution is 0.661. The van der Waals surface area contributed by atoms with Gasteiger partial charge in [0.25, 0.3) is 0 Å². The van der Waals surface area contributed by atoms with Gasteiger partial charge in [-0.3, -0.25) is 0 Å². The fourth-order valence-electron chi connectivity index (χ4n) is 4.88. The van der Waals surface area contributed by atoms with E-state index < -0.39 is 0 Å². The third-order valence-electron chi connectivity index (χ3n) is 6.34. The summed E-state index contributed by atoms with van der Waals surface area (Å²) in [5, 5.41) is 3.54. The smallest absolute Gasteiger partial charge is 0.0409 e. The van der Waals surface area contributed by atoms with Crippen molar-refractivity contribution in [2.45, 2.75) is 19.3 Å². The molecular formula is C27H19ClS. The first kappa shape index (κ1) is 17.3. The van der Waals surface area contributed by atoms with Crippen molar-refractivity contribution in [2.24, 2.45) is 0 Å². The summed E-state index contributed by atoms with van der Waals surface area (Å²) >= 11 is 8.25. The summed E-state index contributed by atoms with van der Waals surface area (Å²) in [5.41, 5.74) is 7.93. The number of rotatable bonds is 1. The van der Waals surface area contributed by atoms with Gasteiger partial charge in [-0.05, 0) is 57.6 Å². The number of hydrogen-bond donors (Lipinski definition) is 0. The quantitative estimate of drug-likeness (QED) is 0.259. The molecule has 6 rings (SSSR count). The zero-order chi connectivity index (χ0) is 19.8. The Hall–Kier alpha value is -2.61. The van der Waals surface area contributed by atoms with Crippen LogP contribution in [0, 0.1) is 0 Å². The first-order chi connectivity index (χ1) is 14.0. The van der Waals surface area contributed by atoms with Gasteiger partial charge in [0.1, 0.15) is 0 Å². The lowest BCUT2D eigenvalue weighted by atomic mass is 9.82. The minimum atomic E-state index is -0.0397. The molecule has 0 aliphatic heterocycles. The van der Waals surface area contributed by atoms with Crippen LogP contribution in [0.3, 0.4) is 0 Å². The molecule has 0 radical (unpaired) electrons. The van der Waals surface area contributed by atoms with E-state index in [0.717, 1.165) is 5.02 Å². The molecule has 4 aromatic carbocycles. The summed E-state index contributed by atoms with van der Waals surface area (Å²) in [6.07, 6.45) is 0. The molecule has 140 valence electrons. The summed E-state index contributed by atoms with van der Waals surface area (Å²) in [6, 6.07) is 28.5. The van der Waals surface area contributed by atoms with Crippen LogP contribution >= 0.6 is 22.9 Å². The van der Waals surface area contributed by atoms with E-state index in [2.05, 4.69) is 86.6 Å². The third-order valence-corrected chi connectivity index (χ3v) is 7.70. The monoisotopic (exact) mass is 410 g/mol. The van der Waals surface area contributed by atoms with Crippen LogP contribution in [0.5, 0.6) is 0 Å². The predicted molar refractivity (Wildman–Crippen MR) is 127 cm³/mol. The Labute approximate surface area is 179 Å². The van der Waals surface area contributed by atoms with Crippen molar-refractivity contribution in [3.8, 4) is 22.3 Å². The molecule has 0 saturated carbocycles. The van der Waals surface area contributed by atoms with Gasteiger partial charge in [0.05, 0.1) is 0 Å². The van der Waals surface area contributed by atoms with Gasteiger partial charge in [0.2, 0.25) is 0 Å². The average molecular weight is 411 g/mol. The second kappa shape index (κ2) is 5.95. The zero-order valence-corrected chi connectivity index (χ0v) is 17.9. The Morgan fingerprint density at radius 2 is 1.55 bits per heavy atom. The maximum atomic E-state index is 6.36. The normalized spacial score (nSPS) is 14.3. The third kappa shape index (κ3) is 2.38. The largest absolute Gasteiger partial charge is 0.135 e. The summed E-state index contributed by atoms with van der Waals surface area (Å²) in [4.78, 5) is 0. The molecule has 5 aromatic rings. The van der Waals surface area contributed by atoms with Crippen LogP contribution in [0.15, 0.2) is 78.9 Å². The fraction of sp³-hybridized carbons (Fsp3) is 0.111. The van der Waals surface area contributed by atoms with E-state index >= 15 is 0 Å². The Kier molecular flexibility index (Phi) is 3.54. The summed E-state index contributed by atoms with van der Waals surface area (Å²) in [7, 11) is 0. The molecule has 0 bridgehead atoms. The van der Waals surface area contributed by atoms with Crippen molar-refractivity contribution in [1.29, 1.82) is 0 Å². The molecule has 0 atom stereocenters. The molecule has 0 amide bonds. The van der Waals surface area contributed by atoms with Crippen molar-refractivity contribution < 1.29 is 0 Å². The van der Waals surface area contributed by atoms with Crippen LogP contribution in [0.1, 0.15) is 25.0 Å². The van der Waals surface area contributed by atoms with Gasteiger partial charge >= 0.3 is 0 Å². The number of thiophene rings is 1.